The summed E-state index contributed by atoms with van der Waals surface area (Å²) in [5.74, 6) is -1.60. The van der Waals surface area contributed by atoms with E-state index in [1.807, 2.05) is 0 Å². The minimum atomic E-state index is -2.48. The molecule has 0 aliphatic heterocycles. The number of halogens is 2. The molecule has 3 N–H and O–H groups in total. The molecule has 3 rings (SSSR count). The van der Waals surface area contributed by atoms with Crippen LogP contribution in [0.4, 0.5) is 14.6 Å². The van der Waals surface area contributed by atoms with Gasteiger partial charge in [-0.2, -0.15) is 5.10 Å². The van der Waals surface area contributed by atoms with Crippen molar-refractivity contribution in [1.29, 1.82) is 0 Å². The van der Waals surface area contributed by atoms with Gasteiger partial charge in [0, 0.05) is 30.0 Å². The minimum absolute atomic E-state index is 0.0612. The van der Waals surface area contributed by atoms with Crippen LogP contribution in [0.25, 0.3) is 0 Å². The van der Waals surface area contributed by atoms with Gasteiger partial charge in [0.25, 0.3) is 0 Å². The lowest BCUT2D eigenvalue weighted by molar-refractivity contribution is -0.0878. The first-order valence-corrected chi connectivity index (χ1v) is 5.78. The molecule has 0 aromatic carbocycles. The predicted molar refractivity (Wildman–Crippen MR) is 56.5 cm³/mol. The number of aromatic nitrogens is 2. The third-order valence-corrected chi connectivity index (χ3v) is 3.87. The van der Waals surface area contributed by atoms with Gasteiger partial charge < -0.3 is 5.73 Å². The lowest BCUT2D eigenvalue weighted by atomic mass is 9.73. The molecule has 2 aliphatic carbocycles. The van der Waals surface area contributed by atoms with Gasteiger partial charge in [-0.15, -0.1) is 0 Å². The summed E-state index contributed by atoms with van der Waals surface area (Å²) in [6, 6.07) is 0. The number of H-pyrrole nitrogens is 1. The summed E-state index contributed by atoms with van der Waals surface area (Å²) in [6.07, 6.45) is 3.30. The quantitative estimate of drug-likeness (QED) is 0.816. The number of rotatable bonds is 2. The van der Waals surface area contributed by atoms with Crippen LogP contribution in [0.2, 0.25) is 0 Å². The Morgan fingerprint density at radius 3 is 2.44 bits per heavy atom. The molecule has 0 bridgehead atoms. The molecule has 0 saturated heterocycles. The molecule has 88 valence electrons. The molecule has 0 atom stereocenters. The number of nitrogens with two attached hydrogens (primary N) is 1. The average Bonchev–Trinajstić information content (AvgIpc) is 2.42. The van der Waals surface area contributed by atoms with Crippen LogP contribution in [-0.4, -0.2) is 16.1 Å². The smallest absolute Gasteiger partial charge is 0.249 e. The van der Waals surface area contributed by atoms with Crippen molar-refractivity contribution in [3.05, 3.63) is 11.3 Å². The first kappa shape index (κ1) is 10.1. The highest BCUT2D eigenvalue weighted by Crippen LogP contribution is 2.51. The van der Waals surface area contributed by atoms with Crippen LogP contribution in [0.15, 0.2) is 0 Å². The van der Waals surface area contributed by atoms with E-state index in [2.05, 4.69) is 10.2 Å². The Balaban J connectivity index is 1.84. The van der Waals surface area contributed by atoms with E-state index in [1.54, 1.807) is 0 Å². The summed E-state index contributed by atoms with van der Waals surface area (Å²) in [7, 11) is 0. The Labute approximate surface area is 92.4 Å². The van der Waals surface area contributed by atoms with Crippen molar-refractivity contribution in [3.8, 4) is 0 Å². The molecule has 0 spiro atoms. The lowest BCUT2D eigenvalue weighted by Crippen LogP contribution is -2.34. The molecule has 5 heteroatoms. The topological polar surface area (TPSA) is 54.7 Å². The molecule has 2 fully saturated rings. The fourth-order valence-corrected chi connectivity index (χ4v) is 2.68. The van der Waals surface area contributed by atoms with Crippen LogP contribution in [0.5, 0.6) is 0 Å². The van der Waals surface area contributed by atoms with Crippen molar-refractivity contribution in [2.24, 2.45) is 0 Å². The third kappa shape index (κ3) is 1.41. The normalized spacial score (nSPS) is 25.1. The Hall–Kier alpha value is -1.13. The second kappa shape index (κ2) is 3.18. The Morgan fingerprint density at radius 1 is 1.25 bits per heavy atom. The maximum Gasteiger partial charge on any atom is 0.249 e. The van der Waals surface area contributed by atoms with Gasteiger partial charge in [0.2, 0.25) is 5.92 Å². The molecular formula is C11H15F2N3. The minimum Gasteiger partial charge on any atom is -0.382 e. The second-order valence-electron chi connectivity index (χ2n) is 5.03. The molecule has 2 aliphatic rings. The van der Waals surface area contributed by atoms with Crippen LogP contribution in [0.3, 0.4) is 0 Å². The Kier molecular flexibility index (Phi) is 2.00. The number of hydrogen-bond donors (Lipinski definition) is 2. The first-order chi connectivity index (χ1) is 7.57. The van der Waals surface area contributed by atoms with Crippen molar-refractivity contribution in [2.45, 2.75) is 49.9 Å². The summed E-state index contributed by atoms with van der Waals surface area (Å²) in [5.41, 5.74) is 7.69. The number of nitrogen functional groups attached to an aromatic ring is 1. The van der Waals surface area contributed by atoms with Crippen LogP contribution in [-0.2, 0) is 0 Å². The van der Waals surface area contributed by atoms with Gasteiger partial charge in [0.15, 0.2) is 0 Å². The molecular weight excluding hydrogens is 212 g/mol. The largest absolute Gasteiger partial charge is 0.382 e. The Morgan fingerprint density at radius 2 is 1.94 bits per heavy atom. The maximum atomic E-state index is 12.8. The summed E-state index contributed by atoms with van der Waals surface area (Å²) >= 11 is 0. The first-order valence-electron chi connectivity index (χ1n) is 5.78. The van der Waals surface area contributed by atoms with Crippen molar-refractivity contribution in [1.82, 2.24) is 10.2 Å². The average molecular weight is 227 g/mol. The van der Waals surface area contributed by atoms with Crippen molar-refractivity contribution in [2.75, 3.05) is 5.73 Å². The summed E-state index contributed by atoms with van der Waals surface area (Å²) in [5, 5.41) is 6.83. The number of nitrogens with zero attached hydrogens (tertiary/aromatic N) is 1. The molecule has 0 unspecified atom stereocenters. The van der Waals surface area contributed by atoms with Crippen molar-refractivity contribution >= 4 is 5.82 Å². The maximum absolute atomic E-state index is 12.8. The molecule has 2 saturated carbocycles. The van der Waals surface area contributed by atoms with Gasteiger partial charge in [-0.05, 0) is 18.8 Å². The Bertz CT molecular complexity index is 401. The zero-order valence-corrected chi connectivity index (χ0v) is 8.97. The SMILES string of the molecule is Nc1n[nH]c(C2CC(F)(F)C2)c1C1CCC1. The molecule has 0 radical (unpaired) electrons. The number of aromatic amines is 1. The molecule has 1 aromatic rings. The van der Waals surface area contributed by atoms with Crippen molar-refractivity contribution in [3.63, 3.8) is 0 Å². The lowest BCUT2D eigenvalue weighted by Gasteiger charge is -2.36. The number of anilines is 1. The highest BCUT2D eigenvalue weighted by atomic mass is 19.3. The number of hydrogen-bond acceptors (Lipinski definition) is 2. The highest BCUT2D eigenvalue weighted by Gasteiger charge is 2.48. The number of nitrogens with one attached hydrogen (secondary N) is 1. The van der Waals surface area contributed by atoms with Gasteiger partial charge in [-0.25, -0.2) is 8.78 Å². The van der Waals surface area contributed by atoms with E-state index in [0.29, 0.717) is 11.7 Å². The summed E-state index contributed by atoms with van der Waals surface area (Å²) in [4.78, 5) is 0. The zero-order chi connectivity index (χ0) is 11.3. The van der Waals surface area contributed by atoms with E-state index in [9.17, 15) is 8.78 Å². The van der Waals surface area contributed by atoms with Gasteiger partial charge in [-0.1, -0.05) is 6.42 Å². The second-order valence-corrected chi connectivity index (χ2v) is 5.03. The van der Waals surface area contributed by atoms with E-state index < -0.39 is 5.92 Å². The van der Waals surface area contributed by atoms with Crippen LogP contribution < -0.4 is 5.73 Å². The van der Waals surface area contributed by atoms with Gasteiger partial charge in [-0.3, -0.25) is 5.10 Å². The van der Waals surface area contributed by atoms with E-state index in [4.69, 9.17) is 5.73 Å². The third-order valence-electron chi connectivity index (χ3n) is 3.87. The van der Waals surface area contributed by atoms with Crippen LogP contribution in [0, 0.1) is 0 Å². The fraction of sp³-hybridized carbons (Fsp3) is 0.727. The van der Waals surface area contributed by atoms with E-state index in [0.717, 1.165) is 24.1 Å². The summed E-state index contributed by atoms with van der Waals surface area (Å²) in [6.45, 7) is 0. The standard InChI is InChI=1S/C11H15F2N3/c12-11(13)4-7(5-11)9-8(6-2-1-3-6)10(14)16-15-9/h6-7H,1-5H2,(H3,14,15,16). The monoisotopic (exact) mass is 227 g/mol. The van der Waals surface area contributed by atoms with Gasteiger partial charge >= 0.3 is 0 Å². The molecule has 1 aromatic heterocycles. The zero-order valence-electron chi connectivity index (χ0n) is 8.97. The van der Waals surface area contributed by atoms with Gasteiger partial charge in [0.05, 0.1) is 0 Å². The fourth-order valence-electron chi connectivity index (χ4n) is 2.68. The molecule has 16 heavy (non-hydrogen) atoms. The van der Waals surface area contributed by atoms with Crippen LogP contribution >= 0.6 is 0 Å². The predicted octanol–water partition coefficient (Wildman–Crippen LogP) is 2.77. The van der Waals surface area contributed by atoms with E-state index in [-0.39, 0.29) is 18.8 Å². The molecule has 1 heterocycles. The van der Waals surface area contributed by atoms with Crippen LogP contribution in [0.1, 0.15) is 55.2 Å². The number of alkyl halides is 2. The highest BCUT2D eigenvalue weighted by molar-refractivity contribution is 5.47. The van der Waals surface area contributed by atoms with E-state index in [1.165, 1.54) is 6.42 Å². The van der Waals surface area contributed by atoms with Crippen molar-refractivity contribution < 1.29 is 8.78 Å². The molecule has 0 amide bonds. The molecule has 3 nitrogen and oxygen atoms in total. The summed E-state index contributed by atoms with van der Waals surface area (Å²) < 4.78 is 25.7. The van der Waals surface area contributed by atoms with Gasteiger partial charge in [0.1, 0.15) is 5.82 Å². The van der Waals surface area contributed by atoms with E-state index >= 15 is 0 Å².